The van der Waals surface area contributed by atoms with Crippen molar-refractivity contribution in [2.24, 2.45) is 4.99 Å². The van der Waals surface area contributed by atoms with Crippen molar-refractivity contribution < 1.29 is 14.3 Å². The third-order valence-corrected chi connectivity index (χ3v) is 4.89. The molecule has 0 aliphatic rings. The largest absolute Gasteiger partial charge is 0.497 e. The van der Waals surface area contributed by atoms with Gasteiger partial charge in [0.2, 0.25) is 0 Å². The summed E-state index contributed by atoms with van der Waals surface area (Å²) in [7, 11) is 3.22. The van der Waals surface area contributed by atoms with Crippen LogP contribution in [0.4, 0.5) is 0 Å². The Morgan fingerprint density at radius 2 is 1.88 bits per heavy atom. The average Bonchev–Trinajstić information content (AvgIpc) is 2.98. The summed E-state index contributed by atoms with van der Waals surface area (Å²) < 4.78 is 13.6. The molecule has 0 unspecified atom stereocenters. The van der Waals surface area contributed by atoms with Crippen molar-refractivity contribution in [3.8, 4) is 11.5 Å². The summed E-state index contributed by atoms with van der Waals surface area (Å²) in [6, 6.07) is 12.9. The topological polar surface area (TPSA) is 52.8 Å². The Morgan fingerprint density at radius 3 is 2.60 bits per heavy atom. The number of rotatable bonds is 5. The zero-order valence-corrected chi connectivity index (χ0v) is 15.3. The zero-order chi connectivity index (χ0) is 17.8. The third-order valence-electron chi connectivity index (χ3n) is 3.85. The predicted molar refractivity (Wildman–Crippen MR) is 99.5 cm³/mol. The Hall–Kier alpha value is -2.60. The summed E-state index contributed by atoms with van der Waals surface area (Å²) in [5, 5.41) is 0. The lowest BCUT2D eigenvalue weighted by Crippen LogP contribution is -2.16. The number of nitrogens with zero attached hydrogens (tertiary/aromatic N) is 2. The van der Waals surface area contributed by atoms with Gasteiger partial charge in [0.25, 0.3) is 5.91 Å². The Morgan fingerprint density at radius 1 is 1.12 bits per heavy atom. The molecular weight excluding hydrogens is 336 g/mol. The lowest BCUT2D eigenvalue weighted by atomic mass is 10.2. The molecule has 130 valence electrons. The molecule has 0 radical (unpaired) electrons. The molecule has 0 N–H and O–H groups in total. The molecule has 2 aromatic carbocycles. The van der Waals surface area contributed by atoms with Crippen molar-refractivity contribution in [3.63, 3.8) is 0 Å². The van der Waals surface area contributed by atoms with Crippen LogP contribution in [0.3, 0.4) is 0 Å². The smallest absolute Gasteiger partial charge is 0.279 e. The molecular formula is C19H20N2O3S. The van der Waals surface area contributed by atoms with Crippen molar-refractivity contribution >= 4 is 27.5 Å². The molecule has 1 amide bonds. The molecule has 0 fully saturated rings. The van der Waals surface area contributed by atoms with Crippen LogP contribution < -0.4 is 14.3 Å². The molecule has 25 heavy (non-hydrogen) atoms. The van der Waals surface area contributed by atoms with Crippen molar-refractivity contribution in [1.29, 1.82) is 0 Å². The van der Waals surface area contributed by atoms with E-state index >= 15 is 0 Å². The minimum Gasteiger partial charge on any atom is -0.497 e. The van der Waals surface area contributed by atoms with Gasteiger partial charge in [-0.05, 0) is 42.8 Å². The SMILES string of the molecule is CCCn1c(=NC(=O)c2cccc(OC)c2)sc2cc(OC)ccc21. The van der Waals surface area contributed by atoms with Crippen molar-refractivity contribution in [1.82, 2.24) is 4.57 Å². The van der Waals surface area contributed by atoms with Crippen LogP contribution in [0.1, 0.15) is 23.7 Å². The maximum Gasteiger partial charge on any atom is 0.279 e. The maximum absolute atomic E-state index is 12.6. The van der Waals surface area contributed by atoms with Gasteiger partial charge in [-0.2, -0.15) is 4.99 Å². The first kappa shape index (κ1) is 17.2. The fourth-order valence-electron chi connectivity index (χ4n) is 2.61. The first-order valence-corrected chi connectivity index (χ1v) is 8.88. The normalized spacial score (nSPS) is 11.7. The number of hydrogen-bond donors (Lipinski definition) is 0. The van der Waals surface area contributed by atoms with Gasteiger partial charge in [-0.1, -0.05) is 24.3 Å². The van der Waals surface area contributed by atoms with Gasteiger partial charge >= 0.3 is 0 Å². The van der Waals surface area contributed by atoms with Gasteiger partial charge in [-0.25, -0.2) is 0 Å². The summed E-state index contributed by atoms with van der Waals surface area (Å²) in [6.07, 6.45) is 0.957. The lowest BCUT2D eigenvalue weighted by Gasteiger charge is -2.04. The summed E-state index contributed by atoms with van der Waals surface area (Å²) in [5.74, 6) is 1.16. The van der Waals surface area contributed by atoms with Gasteiger partial charge < -0.3 is 14.0 Å². The van der Waals surface area contributed by atoms with E-state index in [1.807, 2.05) is 18.2 Å². The quantitative estimate of drug-likeness (QED) is 0.697. The fourth-order valence-corrected chi connectivity index (χ4v) is 3.70. The van der Waals surface area contributed by atoms with E-state index in [-0.39, 0.29) is 5.91 Å². The van der Waals surface area contributed by atoms with E-state index in [2.05, 4.69) is 16.5 Å². The van der Waals surface area contributed by atoms with Gasteiger partial charge in [0.1, 0.15) is 11.5 Å². The standard InChI is InChI=1S/C19H20N2O3S/c1-4-10-21-16-9-8-15(24-3)12-17(16)25-19(21)20-18(22)13-6-5-7-14(11-13)23-2/h5-9,11-12H,4,10H2,1-3H3. The van der Waals surface area contributed by atoms with Crippen LogP contribution in [0, 0.1) is 0 Å². The van der Waals surface area contributed by atoms with Crippen molar-refractivity contribution in [3.05, 3.63) is 52.8 Å². The van der Waals surface area contributed by atoms with Crippen molar-refractivity contribution in [2.45, 2.75) is 19.9 Å². The molecule has 1 aromatic heterocycles. The first-order valence-electron chi connectivity index (χ1n) is 8.06. The van der Waals surface area contributed by atoms with Crippen LogP contribution in [-0.4, -0.2) is 24.7 Å². The molecule has 1 heterocycles. The molecule has 6 heteroatoms. The second-order valence-corrected chi connectivity index (χ2v) is 6.53. The Bertz CT molecular complexity index is 972. The number of aryl methyl sites for hydroxylation is 1. The molecule has 0 aliphatic heterocycles. The number of fused-ring (bicyclic) bond motifs is 1. The van der Waals surface area contributed by atoms with Crippen LogP contribution in [0.2, 0.25) is 0 Å². The minimum atomic E-state index is -0.276. The Balaban J connectivity index is 2.10. The monoisotopic (exact) mass is 356 g/mol. The lowest BCUT2D eigenvalue weighted by molar-refractivity contribution is 0.0997. The highest BCUT2D eigenvalue weighted by atomic mass is 32.1. The van der Waals surface area contributed by atoms with Gasteiger partial charge in [0, 0.05) is 12.1 Å². The highest BCUT2D eigenvalue weighted by Gasteiger charge is 2.10. The van der Waals surface area contributed by atoms with Crippen LogP contribution in [0.25, 0.3) is 10.2 Å². The summed E-state index contributed by atoms with van der Waals surface area (Å²) in [4.78, 5) is 17.6. The van der Waals surface area contributed by atoms with Crippen LogP contribution in [-0.2, 0) is 6.54 Å². The van der Waals surface area contributed by atoms with Gasteiger partial charge in [-0.15, -0.1) is 0 Å². The number of aromatic nitrogens is 1. The van der Waals surface area contributed by atoms with Gasteiger partial charge in [0.15, 0.2) is 4.80 Å². The van der Waals surface area contributed by atoms with E-state index in [1.54, 1.807) is 38.5 Å². The molecule has 0 bridgehead atoms. The number of amides is 1. The average molecular weight is 356 g/mol. The Kier molecular flexibility index (Phi) is 5.19. The summed E-state index contributed by atoms with van der Waals surface area (Å²) in [5.41, 5.74) is 1.57. The molecule has 0 atom stereocenters. The zero-order valence-electron chi connectivity index (χ0n) is 14.5. The predicted octanol–water partition coefficient (Wildman–Crippen LogP) is 3.87. The maximum atomic E-state index is 12.6. The number of benzene rings is 2. The number of carbonyl (C=O) groups excluding carboxylic acids is 1. The Labute approximate surface area is 150 Å². The van der Waals surface area contributed by atoms with Crippen LogP contribution >= 0.6 is 11.3 Å². The number of methoxy groups -OCH3 is 2. The minimum absolute atomic E-state index is 0.276. The van der Waals surface area contributed by atoms with E-state index < -0.39 is 0 Å². The van der Waals surface area contributed by atoms with E-state index in [4.69, 9.17) is 9.47 Å². The second kappa shape index (κ2) is 7.53. The highest BCUT2D eigenvalue weighted by Crippen LogP contribution is 2.23. The number of ether oxygens (including phenoxy) is 2. The highest BCUT2D eigenvalue weighted by molar-refractivity contribution is 7.16. The van der Waals surface area contributed by atoms with Gasteiger partial charge in [-0.3, -0.25) is 4.79 Å². The molecule has 5 nitrogen and oxygen atoms in total. The fraction of sp³-hybridized carbons (Fsp3) is 0.263. The summed E-state index contributed by atoms with van der Waals surface area (Å²) >= 11 is 1.49. The van der Waals surface area contributed by atoms with Crippen molar-refractivity contribution in [2.75, 3.05) is 14.2 Å². The molecule has 3 aromatic rings. The molecule has 0 saturated heterocycles. The van der Waals surface area contributed by atoms with E-state index in [0.717, 1.165) is 28.9 Å². The molecule has 0 saturated carbocycles. The van der Waals surface area contributed by atoms with E-state index in [0.29, 0.717) is 16.1 Å². The summed E-state index contributed by atoms with van der Waals surface area (Å²) in [6.45, 7) is 2.91. The first-order chi connectivity index (χ1) is 12.2. The van der Waals surface area contributed by atoms with E-state index in [9.17, 15) is 4.79 Å². The molecule has 3 rings (SSSR count). The molecule has 0 aliphatic carbocycles. The number of thiazole rings is 1. The van der Waals surface area contributed by atoms with E-state index in [1.165, 1.54) is 11.3 Å². The van der Waals surface area contributed by atoms with Gasteiger partial charge in [0.05, 0.1) is 24.4 Å². The number of hydrogen-bond acceptors (Lipinski definition) is 4. The number of carbonyl (C=O) groups is 1. The molecule has 0 spiro atoms. The third kappa shape index (κ3) is 3.58. The van der Waals surface area contributed by atoms with Crippen LogP contribution in [0.15, 0.2) is 47.5 Å². The van der Waals surface area contributed by atoms with Crippen LogP contribution in [0.5, 0.6) is 11.5 Å². The second-order valence-electron chi connectivity index (χ2n) is 5.52.